The summed E-state index contributed by atoms with van der Waals surface area (Å²) in [7, 11) is 1.28. The van der Waals surface area contributed by atoms with Gasteiger partial charge in [0, 0.05) is 32.8 Å². The van der Waals surface area contributed by atoms with Gasteiger partial charge in [0.15, 0.2) is 11.0 Å². The van der Waals surface area contributed by atoms with Crippen LogP contribution in [0.15, 0.2) is 40.2 Å². The largest absolute Gasteiger partial charge is 0.465 e. The summed E-state index contributed by atoms with van der Waals surface area (Å²) in [5.74, 6) is -0.358. The molecule has 0 saturated heterocycles. The van der Waals surface area contributed by atoms with Gasteiger partial charge >= 0.3 is 5.97 Å². The second kappa shape index (κ2) is 11.6. The van der Waals surface area contributed by atoms with Crippen LogP contribution < -0.4 is 5.32 Å². The maximum absolute atomic E-state index is 13.4. The Labute approximate surface area is 227 Å². The SMILES string of the molecule is CCc1c(-c2nnc(SCC(=O)Nc3scc(-c4ccc(F)cc4)c3C(=O)OC)n2C(C)C)csc1C. The van der Waals surface area contributed by atoms with Crippen molar-refractivity contribution in [3.05, 3.63) is 56.8 Å². The molecule has 0 saturated carbocycles. The molecule has 0 aliphatic rings. The minimum absolute atomic E-state index is 0.0819. The number of esters is 1. The molecular formula is C26H27FN4O3S3. The lowest BCUT2D eigenvalue weighted by Gasteiger charge is -2.14. The summed E-state index contributed by atoms with van der Waals surface area (Å²) in [5, 5.41) is 16.6. The molecule has 3 heterocycles. The molecule has 1 amide bonds. The fourth-order valence-electron chi connectivity index (χ4n) is 4.02. The van der Waals surface area contributed by atoms with Crippen LogP contribution in [0.5, 0.6) is 0 Å². The van der Waals surface area contributed by atoms with Crippen LogP contribution >= 0.6 is 34.4 Å². The number of ether oxygens (including phenoxy) is 1. The van der Waals surface area contributed by atoms with E-state index in [0.29, 0.717) is 21.3 Å². The lowest BCUT2D eigenvalue weighted by atomic mass is 10.0. The molecule has 11 heteroatoms. The van der Waals surface area contributed by atoms with Crippen molar-refractivity contribution in [2.45, 2.75) is 45.3 Å². The van der Waals surface area contributed by atoms with Crippen LogP contribution in [0, 0.1) is 12.7 Å². The van der Waals surface area contributed by atoms with Gasteiger partial charge in [-0.1, -0.05) is 30.8 Å². The third-order valence-corrected chi connectivity index (χ3v) is 8.59. The Morgan fingerprint density at radius 1 is 1.14 bits per heavy atom. The number of hydrogen-bond donors (Lipinski definition) is 1. The number of nitrogens with one attached hydrogen (secondary N) is 1. The second-order valence-electron chi connectivity index (χ2n) is 8.50. The lowest BCUT2D eigenvalue weighted by molar-refractivity contribution is -0.113. The first kappa shape index (κ1) is 27.0. The average molecular weight is 559 g/mol. The number of aryl methyl sites for hydroxylation is 1. The molecule has 1 N–H and O–H groups in total. The molecule has 0 radical (unpaired) electrons. The molecule has 7 nitrogen and oxygen atoms in total. The fourth-order valence-corrected chi connectivity index (χ4v) is 6.80. The predicted molar refractivity (Wildman–Crippen MR) is 148 cm³/mol. The van der Waals surface area contributed by atoms with E-state index in [-0.39, 0.29) is 29.1 Å². The molecule has 0 spiro atoms. The summed E-state index contributed by atoms with van der Waals surface area (Å²) in [5.41, 5.74) is 3.81. The van der Waals surface area contributed by atoms with E-state index >= 15 is 0 Å². The van der Waals surface area contributed by atoms with Gasteiger partial charge in [-0.05, 0) is 50.5 Å². The highest BCUT2D eigenvalue weighted by molar-refractivity contribution is 7.99. The van der Waals surface area contributed by atoms with Gasteiger partial charge in [0.1, 0.15) is 16.4 Å². The Balaban J connectivity index is 1.54. The van der Waals surface area contributed by atoms with E-state index in [1.165, 1.54) is 52.8 Å². The van der Waals surface area contributed by atoms with Gasteiger partial charge in [-0.3, -0.25) is 9.36 Å². The van der Waals surface area contributed by atoms with Crippen LogP contribution in [0.4, 0.5) is 9.39 Å². The number of nitrogens with zero attached hydrogens (tertiary/aromatic N) is 3. The second-order valence-corrected chi connectivity index (χ2v) is 11.4. The first-order valence-electron chi connectivity index (χ1n) is 11.7. The topological polar surface area (TPSA) is 86.1 Å². The zero-order valence-electron chi connectivity index (χ0n) is 21.1. The Hall–Kier alpha value is -3.02. The van der Waals surface area contributed by atoms with Crippen molar-refractivity contribution in [3.8, 4) is 22.5 Å². The molecule has 0 aliphatic carbocycles. The predicted octanol–water partition coefficient (Wildman–Crippen LogP) is 6.84. The van der Waals surface area contributed by atoms with Gasteiger partial charge in [-0.25, -0.2) is 9.18 Å². The number of thioether (sulfide) groups is 1. The average Bonchev–Trinajstić information content (AvgIpc) is 3.59. The fraction of sp³-hybridized carbons (Fsp3) is 0.308. The molecule has 0 unspecified atom stereocenters. The number of halogens is 1. The van der Waals surface area contributed by atoms with E-state index in [9.17, 15) is 14.0 Å². The summed E-state index contributed by atoms with van der Waals surface area (Å²) in [4.78, 5) is 26.7. The maximum Gasteiger partial charge on any atom is 0.341 e. The highest BCUT2D eigenvalue weighted by atomic mass is 32.2. The number of methoxy groups -OCH3 is 1. The lowest BCUT2D eigenvalue weighted by Crippen LogP contribution is -2.16. The van der Waals surface area contributed by atoms with Crippen LogP contribution in [0.25, 0.3) is 22.5 Å². The molecule has 3 aromatic heterocycles. The molecule has 1 aromatic carbocycles. The molecule has 0 aliphatic heterocycles. The van der Waals surface area contributed by atoms with Gasteiger partial charge in [0.05, 0.1) is 12.9 Å². The van der Waals surface area contributed by atoms with Crippen molar-refractivity contribution in [1.82, 2.24) is 14.8 Å². The Morgan fingerprint density at radius 2 is 1.84 bits per heavy atom. The minimum Gasteiger partial charge on any atom is -0.465 e. The van der Waals surface area contributed by atoms with Crippen LogP contribution in [0.1, 0.15) is 47.6 Å². The van der Waals surface area contributed by atoms with Gasteiger partial charge in [0.2, 0.25) is 5.91 Å². The van der Waals surface area contributed by atoms with Crippen LogP contribution in [-0.2, 0) is 16.0 Å². The third kappa shape index (κ3) is 5.63. The number of carbonyl (C=O) groups is 2. The molecule has 37 heavy (non-hydrogen) atoms. The number of amides is 1. The van der Waals surface area contributed by atoms with Crippen molar-refractivity contribution in [1.29, 1.82) is 0 Å². The van der Waals surface area contributed by atoms with Crippen LogP contribution in [-0.4, -0.2) is 39.5 Å². The van der Waals surface area contributed by atoms with Crippen molar-refractivity contribution < 1.29 is 18.7 Å². The number of carbonyl (C=O) groups excluding carboxylic acids is 2. The van der Waals surface area contributed by atoms with E-state index in [1.54, 1.807) is 28.8 Å². The van der Waals surface area contributed by atoms with Crippen molar-refractivity contribution in [3.63, 3.8) is 0 Å². The molecular weight excluding hydrogens is 532 g/mol. The van der Waals surface area contributed by atoms with E-state index < -0.39 is 5.97 Å². The Morgan fingerprint density at radius 3 is 2.49 bits per heavy atom. The highest BCUT2D eigenvalue weighted by Crippen LogP contribution is 2.37. The number of aromatic nitrogens is 3. The third-order valence-electron chi connectivity index (χ3n) is 5.80. The van der Waals surface area contributed by atoms with Gasteiger partial charge in [0.25, 0.3) is 0 Å². The normalized spacial score (nSPS) is 11.2. The Bertz CT molecular complexity index is 1420. The number of thiophene rings is 2. The van der Waals surface area contributed by atoms with E-state index in [2.05, 4.69) is 53.2 Å². The van der Waals surface area contributed by atoms with Crippen molar-refractivity contribution in [2.75, 3.05) is 18.2 Å². The summed E-state index contributed by atoms with van der Waals surface area (Å²) in [6, 6.07) is 5.91. The molecule has 4 rings (SSSR count). The summed E-state index contributed by atoms with van der Waals surface area (Å²) in [6.45, 7) is 8.36. The highest BCUT2D eigenvalue weighted by Gasteiger charge is 2.24. The number of rotatable bonds is 9. The molecule has 0 atom stereocenters. The number of benzene rings is 1. The quantitative estimate of drug-likeness (QED) is 0.179. The van der Waals surface area contributed by atoms with Crippen molar-refractivity contribution >= 4 is 51.3 Å². The monoisotopic (exact) mass is 558 g/mol. The zero-order valence-corrected chi connectivity index (χ0v) is 23.6. The zero-order chi connectivity index (χ0) is 26.7. The van der Waals surface area contributed by atoms with Crippen LogP contribution in [0.3, 0.4) is 0 Å². The molecule has 194 valence electrons. The van der Waals surface area contributed by atoms with Gasteiger partial charge in [-0.2, -0.15) is 0 Å². The van der Waals surface area contributed by atoms with Crippen molar-refractivity contribution in [2.24, 2.45) is 0 Å². The number of hydrogen-bond acceptors (Lipinski definition) is 8. The molecule has 0 bridgehead atoms. The first-order valence-corrected chi connectivity index (χ1v) is 14.4. The summed E-state index contributed by atoms with van der Waals surface area (Å²) < 4.78 is 20.4. The minimum atomic E-state index is -0.578. The van der Waals surface area contributed by atoms with E-state index in [1.807, 2.05) is 0 Å². The van der Waals surface area contributed by atoms with Gasteiger partial charge in [-0.15, -0.1) is 32.9 Å². The van der Waals surface area contributed by atoms with E-state index in [0.717, 1.165) is 17.8 Å². The summed E-state index contributed by atoms with van der Waals surface area (Å²) >= 11 is 4.21. The van der Waals surface area contributed by atoms with Gasteiger partial charge < -0.3 is 10.1 Å². The summed E-state index contributed by atoms with van der Waals surface area (Å²) in [6.07, 6.45) is 0.907. The van der Waals surface area contributed by atoms with E-state index in [4.69, 9.17) is 4.74 Å². The maximum atomic E-state index is 13.4. The smallest absolute Gasteiger partial charge is 0.341 e. The molecule has 0 fully saturated rings. The standard InChI is InChI=1S/C26H27FN4O3S3/c1-6-18-15(4)35-12-20(18)23-29-30-26(31(23)14(2)3)37-13-21(32)28-24-22(25(33)34-5)19(11-36-24)16-7-9-17(27)10-8-16/h7-12,14H,6,13H2,1-5H3,(H,28,32). The molecule has 4 aromatic rings. The first-order chi connectivity index (χ1) is 17.7. The number of anilines is 1. The Kier molecular flexibility index (Phi) is 8.46. The van der Waals surface area contributed by atoms with Crippen LogP contribution in [0.2, 0.25) is 0 Å².